The minimum atomic E-state index is -0.601. The van der Waals surface area contributed by atoms with E-state index in [2.05, 4.69) is 10.6 Å². The fourth-order valence-electron chi connectivity index (χ4n) is 4.71. The maximum atomic E-state index is 15.0. The summed E-state index contributed by atoms with van der Waals surface area (Å²) in [6, 6.07) is 15.6. The molecule has 0 radical (unpaired) electrons. The summed E-state index contributed by atoms with van der Waals surface area (Å²) >= 11 is 6.25. The van der Waals surface area contributed by atoms with E-state index in [4.69, 9.17) is 16.3 Å². The summed E-state index contributed by atoms with van der Waals surface area (Å²) in [6.45, 7) is 0.543. The summed E-state index contributed by atoms with van der Waals surface area (Å²) in [5, 5.41) is 5.51. The van der Waals surface area contributed by atoms with Gasteiger partial charge >= 0.3 is 0 Å². The molecule has 3 aromatic carbocycles. The van der Waals surface area contributed by atoms with E-state index in [1.807, 2.05) is 18.2 Å². The summed E-state index contributed by atoms with van der Waals surface area (Å²) in [5.41, 5.74) is 3.07. The van der Waals surface area contributed by atoms with E-state index in [0.29, 0.717) is 30.7 Å². The highest BCUT2D eigenvalue weighted by molar-refractivity contribution is 6.34. The van der Waals surface area contributed by atoms with Gasteiger partial charge in [0.05, 0.1) is 16.3 Å². The molecule has 1 fully saturated rings. The van der Waals surface area contributed by atoms with Crippen LogP contribution in [0.15, 0.2) is 78.9 Å². The molecule has 2 N–H and O–H groups in total. The average Bonchev–Trinajstić information content (AvgIpc) is 3.41. The molecule has 2 unspecified atom stereocenters. The first kappa shape index (κ1) is 26.8. The van der Waals surface area contributed by atoms with Crippen LogP contribution in [-0.2, 0) is 16.0 Å². The van der Waals surface area contributed by atoms with Crippen LogP contribution in [0.2, 0.25) is 5.02 Å². The Morgan fingerprint density at radius 1 is 0.974 bits per heavy atom. The van der Waals surface area contributed by atoms with Crippen molar-refractivity contribution in [2.75, 3.05) is 17.2 Å². The zero-order chi connectivity index (χ0) is 27.4. The molecule has 1 aliphatic carbocycles. The molecule has 5 rings (SSSR count). The van der Waals surface area contributed by atoms with Crippen LogP contribution in [0.1, 0.15) is 40.7 Å². The molecule has 5 nitrogen and oxygen atoms in total. The fraction of sp³-hybridized carbons (Fsp3) is 0.226. The second kappa shape index (κ2) is 11.9. The normalized spacial score (nSPS) is 18.5. The number of halogens is 3. The molecule has 1 heterocycles. The molecular weight excluding hydrogens is 522 g/mol. The summed E-state index contributed by atoms with van der Waals surface area (Å²) < 4.78 is 33.7. The number of benzene rings is 3. The maximum Gasteiger partial charge on any atom is 0.257 e. The summed E-state index contributed by atoms with van der Waals surface area (Å²) in [7, 11) is 0. The van der Waals surface area contributed by atoms with Crippen molar-refractivity contribution in [3.63, 3.8) is 0 Å². The number of hydrogen-bond donors (Lipinski definition) is 2. The van der Waals surface area contributed by atoms with Gasteiger partial charge in [0, 0.05) is 12.3 Å². The van der Waals surface area contributed by atoms with E-state index in [9.17, 15) is 14.0 Å². The Bertz CT molecular complexity index is 1450. The van der Waals surface area contributed by atoms with Gasteiger partial charge in [-0.2, -0.15) is 0 Å². The highest BCUT2D eigenvalue weighted by atomic mass is 35.5. The Morgan fingerprint density at radius 2 is 1.79 bits per heavy atom. The Labute approximate surface area is 230 Å². The molecule has 2 aliphatic rings. The first-order valence-electron chi connectivity index (χ1n) is 12.8. The Balaban J connectivity index is 1.24. The molecule has 2 amide bonds. The molecule has 39 heavy (non-hydrogen) atoms. The van der Waals surface area contributed by atoms with E-state index >= 15 is 4.39 Å². The molecule has 3 aromatic rings. The monoisotopic (exact) mass is 548 g/mol. The Morgan fingerprint density at radius 3 is 2.54 bits per heavy atom. The van der Waals surface area contributed by atoms with Crippen molar-refractivity contribution in [3.8, 4) is 0 Å². The molecule has 1 aliphatic heterocycles. The van der Waals surface area contributed by atoms with Crippen LogP contribution >= 0.6 is 11.6 Å². The molecule has 200 valence electrons. The second-order valence-corrected chi connectivity index (χ2v) is 10.1. The molecule has 1 saturated heterocycles. The van der Waals surface area contributed by atoms with Crippen LogP contribution in [-0.4, -0.2) is 24.5 Å². The van der Waals surface area contributed by atoms with E-state index in [-0.39, 0.29) is 33.9 Å². The van der Waals surface area contributed by atoms with Crippen LogP contribution in [0.3, 0.4) is 0 Å². The van der Waals surface area contributed by atoms with Gasteiger partial charge in [-0.1, -0.05) is 48.0 Å². The first-order valence-corrected chi connectivity index (χ1v) is 13.2. The van der Waals surface area contributed by atoms with Gasteiger partial charge in [-0.25, -0.2) is 8.78 Å². The van der Waals surface area contributed by atoms with E-state index < -0.39 is 17.8 Å². The highest BCUT2D eigenvalue weighted by Crippen LogP contribution is 2.30. The van der Waals surface area contributed by atoms with Gasteiger partial charge in [-0.15, -0.1) is 0 Å². The zero-order valence-electron chi connectivity index (χ0n) is 21.1. The van der Waals surface area contributed by atoms with Gasteiger partial charge in [0.25, 0.3) is 11.8 Å². The minimum absolute atomic E-state index is 0.00954. The fourth-order valence-corrected chi connectivity index (χ4v) is 4.92. The first-order chi connectivity index (χ1) is 18.9. The second-order valence-electron chi connectivity index (χ2n) is 9.66. The Hall–Kier alpha value is -3.81. The molecule has 2 atom stereocenters. The molecule has 0 aromatic heterocycles. The largest absolute Gasteiger partial charge is 0.368 e. The van der Waals surface area contributed by atoms with Gasteiger partial charge < -0.3 is 15.4 Å². The molecular formula is C31H27ClF2N2O3. The third-order valence-electron chi connectivity index (χ3n) is 6.80. The number of allylic oxidation sites excluding steroid dienone is 4. The highest BCUT2D eigenvalue weighted by Gasteiger charge is 2.23. The molecule has 8 heteroatoms. The van der Waals surface area contributed by atoms with Crippen LogP contribution in [0, 0.1) is 17.6 Å². The third-order valence-corrected chi connectivity index (χ3v) is 7.13. The van der Waals surface area contributed by atoms with E-state index in [1.54, 1.807) is 24.3 Å². The minimum Gasteiger partial charge on any atom is -0.368 e. The van der Waals surface area contributed by atoms with Gasteiger partial charge in [-0.3, -0.25) is 9.59 Å². The van der Waals surface area contributed by atoms with Gasteiger partial charge in [0.1, 0.15) is 17.7 Å². The molecule has 0 spiro atoms. The van der Waals surface area contributed by atoms with E-state index in [1.165, 1.54) is 36.4 Å². The summed E-state index contributed by atoms with van der Waals surface area (Å²) in [5.74, 6) is -1.62. The predicted octanol–water partition coefficient (Wildman–Crippen LogP) is 7.19. The summed E-state index contributed by atoms with van der Waals surface area (Å²) in [4.78, 5) is 25.5. The van der Waals surface area contributed by atoms with Crippen LogP contribution in [0.25, 0.3) is 5.57 Å². The number of anilines is 2. The number of amides is 2. The lowest BCUT2D eigenvalue weighted by molar-refractivity contribution is -0.129. The van der Waals surface area contributed by atoms with Crippen molar-refractivity contribution in [3.05, 3.63) is 112 Å². The van der Waals surface area contributed by atoms with Crippen LogP contribution < -0.4 is 10.6 Å². The SMILES string of the molecule is O=C(Nc1ccc(C2=CC(Cc3ccc(F)cc3)C=C2)cc1F)c1cc(NC(=O)C2CCCCO2)ccc1Cl. The van der Waals surface area contributed by atoms with Crippen molar-refractivity contribution in [1.29, 1.82) is 0 Å². The van der Waals surface area contributed by atoms with Crippen molar-refractivity contribution in [2.24, 2.45) is 5.92 Å². The molecule has 0 bridgehead atoms. The lowest BCUT2D eigenvalue weighted by Crippen LogP contribution is -2.33. The lowest BCUT2D eigenvalue weighted by Gasteiger charge is -2.21. The van der Waals surface area contributed by atoms with Crippen LogP contribution in [0.4, 0.5) is 20.2 Å². The van der Waals surface area contributed by atoms with Gasteiger partial charge in [0.15, 0.2) is 0 Å². The maximum absolute atomic E-state index is 15.0. The number of rotatable bonds is 7. The Kier molecular flexibility index (Phi) is 8.19. The standard InChI is InChI=1S/C31H27ClF2N2O3/c32-26-12-11-24(35-31(38)29-3-1-2-14-39-29)18-25(26)30(37)36-28-13-8-22(17-27(28)34)21-7-4-20(16-21)15-19-5-9-23(33)10-6-19/h4-13,16-18,20,29H,1-3,14-15H2,(H,35,38)(H,36,37). The zero-order valence-corrected chi connectivity index (χ0v) is 21.8. The molecule has 0 saturated carbocycles. The van der Waals surface area contributed by atoms with E-state index in [0.717, 1.165) is 24.0 Å². The number of nitrogens with one attached hydrogen (secondary N) is 2. The third kappa shape index (κ3) is 6.61. The predicted molar refractivity (Wildman–Crippen MR) is 149 cm³/mol. The number of carbonyl (C=O) groups is 2. The van der Waals surface area contributed by atoms with Crippen LogP contribution in [0.5, 0.6) is 0 Å². The lowest BCUT2D eigenvalue weighted by atomic mass is 9.99. The van der Waals surface area contributed by atoms with Gasteiger partial charge in [-0.05, 0) is 90.8 Å². The number of hydrogen-bond acceptors (Lipinski definition) is 3. The van der Waals surface area contributed by atoms with Crippen molar-refractivity contribution >= 4 is 40.4 Å². The summed E-state index contributed by atoms with van der Waals surface area (Å²) in [6.07, 6.45) is 8.67. The number of carbonyl (C=O) groups excluding carboxylic acids is 2. The quantitative estimate of drug-likeness (QED) is 0.328. The van der Waals surface area contributed by atoms with Gasteiger partial charge in [0.2, 0.25) is 0 Å². The smallest absolute Gasteiger partial charge is 0.257 e. The average molecular weight is 549 g/mol. The van der Waals surface area contributed by atoms with Crippen molar-refractivity contribution in [1.82, 2.24) is 0 Å². The topological polar surface area (TPSA) is 67.4 Å². The van der Waals surface area contributed by atoms with Crippen molar-refractivity contribution < 1.29 is 23.1 Å². The number of ether oxygens (including phenoxy) is 1. The van der Waals surface area contributed by atoms with Crippen molar-refractivity contribution in [2.45, 2.75) is 31.8 Å².